The van der Waals surface area contributed by atoms with Crippen LogP contribution in [0, 0.1) is 13.8 Å². The molecule has 0 aromatic heterocycles. The fraction of sp³-hybridized carbons (Fsp3) is 0.600. The van der Waals surface area contributed by atoms with Crippen LogP contribution in [0.25, 0.3) is 0 Å². The van der Waals surface area contributed by atoms with Gasteiger partial charge in [-0.1, -0.05) is 6.42 Å². The van der Waals surface area contributed by atoms with Gasteiger partial charge in [-0.05, 0) is 49.9 Å². The Morgan fingerprint density at radius 3 is 2.43 bits per heavy atom. The van der Waals surface area contributed by atoms with Gasteiger partial charge in [-0.2, -0.15) is 4.31 Å². The van der Waals surface area contributed by atoms with Crippen LogP contribution in [0.5, 0.6) is 5.75 Å². The Morgan fingerprint density at radius 2 is 1.90 bits per heavy atom. The van der Waals surface area contributed by atoms with E-state index in [2.05, 4.69) is 0 Å². The lowest BCUT2D eigenvalue weighted by atomic mass is 10.1. The maximum absolute atomic E-state index is 13.0. The molecule has 1 heterocycles. The number of hydrogen-bond donors (Lipinski definition) is 1. The van der Waals surface area contributed by atoms with Crippen LogP contribution in [-0.4, -0.2) is 44.1 Å². The molecule has 0 bridgehead atoms. The SMILES string of the molecule is COc1cc(C)c(S(=O)(=O)N2CCCC[C@H]2CO)c(C)c1. The Bertz CT molecular complexity index is 589. The minimum atomic E-state index is -3.59. The first kappa shape index (κ1) is 16.3. The molecule has 6 heteroatoms. The Morgan fingerprint density at radius 1 is 1.29 bits per heavy atom. The van der Waals surface area contributed by atoms with Crippen LogP contribution in [-0.2, 0) is 10.0 Å². The van der Waals surface area contributed by atoms with Crippen molar-refractivity contribution in [1.29, 1.82) is 0 Å². The van der Waals surface area contributed by atoms with E-state index in [1.54, 1.807) is 33.1 Å². The molecule has 1 atom stereocenters. The molecule has 0 radical (unpaired) electrons. The zero-order valence-electron chi connectivity index (χ0n) is 12.8. The van der Waals surface area contributed by atoms with Gasteiger partial charge in [0.25, 0.3) is 0 Å². The molecule has 118 valence electrons. The van der Waals surface area contributed by atoms with Crippen molar-refractivity contribution in [2.24, 2.45) is 0 Å². The van der Waals surface area contributed by atoms with Crippen molar-refractivity contribution in [3.63, 3.8) is 0 Å². The third-order valence-corrected chi connectivity index (χ3v) is 6.28. The molecule has 0 saturated carbocycles. The quantitative estimate of drug-likeness (QED) is 0.921. The minimum absolute atomic E-state index is 0.131. The van der Waals surface area contributed by atoms with E-state index in [1.807, 2.05) is 0 Å². The van der Waals surface area contributed by atoms with E-state index in [9.17, 15) is 13.5 Å². The summed E-state index contributed by atoms with van der Waals surface area (Å²) in [7, 11) is -2.03. The lowest BCUT2D eigenvalue weighted by Gasteiger charge is -2.34. The summed E-state index contributed by atoms with van der Waals surface area (Å²) < 4.78 is 32.6. The topological polar surface area (TPSA) is 66.8 Å². The second-order valence-corrected chi connectivity index (χ2v) is 7.37. The van der Waals surface area contributed by atoms with Crippen molar-refractivity contribution in [3.8, 4) is 5.75 Å². The zero-order chi connectivity index (χ0) is 15.6. The minimum Gasteiger partial charge on any atom is -0.497 e. The number of nitrogens with zero attached hydrogens (tertiary/aromatic N) is 1. The molecule has 0 spiro atoms. The molecule has 1 aromatic carbocycles. The number of aryl methyl sites for hydroxylation is 2. The molecule has 2 rings (SSSR count). The summed E-state index contributed by atoms with van der Waals surface area (Å²) in [5.74, 6) is 0.654. The van der Waals surface area contributed by atoms with Gasteiger partial charge in [0.1, 0.15) is 5.75 Å². The molecule has 1 aliphatic rings. The Hall–Kier alpha value is -1.11. The molecule has 0 unspecified atom stereocenters. The number of benzene rings is 1. The zero-order valence-corrected chi connectivity index (χ0v) is 13.6. The second kappa shape index (κ2) is 6.34. The van der Waals surface area contributed by atoms with Gasteiger partial charge in [0.15, 0.2) is 0 Å². The summed E-state index contributed by atoms with van der Waals surface area (Å²) in [5.41, 5.74) is 1.35. The van der Waals surface area contributed by atoms with Gasteiger partial charge < -0.3 is 9.84 Å². The van der Waals surface area contributed by atoms with E-state index in [-0.39, 0.29) is 12.6 Å². The van der Waals surface area contributed by atoms with Crippen LogP contribution in [0.2, 0.25) is 0 Å². The van der Waals surface area contributed by atoms with Crippen LogP contribution < -0.4 is 4.74 Å². The summed E-state index contributed by atoms with van der Waals surface area (Å²) in [4.78, 5) is 0.337. The third-order valence-electron chi connectivity index (χ3n) is 4.02. The fourth-order valence-electron chi connectivity index (χ4n) is 3.03. The van der Waals surface area contributed by atoms with Crippen LogP contribution in [0.4, 0.5) is 0 Å². The number of rotatable bonds is 4. The van der Waals surface area contributed by atoms with Crippen molar-refractivity contribution >= 4 is 10.0 Å². The summed E-state index contributed by atoms with van der Waals surface area (Å²) >= 11 is 0. The molecule has 1 aliphatic heterocycles. The highest BCUT2D eigenvalue weighted by molar-refractivity contribution is 7.89. The van der Waals surface area contributed by atoms with Gasteiger partial charge in [0.05, 0.1) is 18.6 Å². The van der Waals surface area contributed by atoms with E-state index in [0.29, 0.717) is 34.7 Å². The number of piperidine rings is 1. The molecule has 0 aliphatic carbocycles. The highest BCUT2D eigenvalue weighted by Crippen LogP contribution is 2.31. The maximum Gasteiger partial charge on any atom is 0.243 e. The van der Waals surface area contributed by atoms with Crippen molar-refractivity contribution in [3.05, 3.63) is 23.3 Å². The van der Waals surface area contributed by atoms with Crippen LogP contribution in [0.3, 0.4) is 0 Å². The second-order valence-electron chi connectivity index (χ2n) is 5.54. The van der Waals surface area contributed by atoms with Gasteiger partial charge >= 0.3 is 0 Å². The Kier molecular flexibility index (Phi) is 4.91. The largest absolute Gasteiger partial charge is 0.497 e. The molecular formula is C15H23NO4S. The Labute approximate surface area is 126 Å². The van der Waals surface area contributed by atoms with Crippen LogP contribution >= 0.6 is 0 Å². The molecule has 1 saturated heterocycles. The van der Waals surface area contributed by atoms with E-state index >= 15 is 0 Å². The van der Waals surface area contributed by atoms with Gasteiger partial charge in [0.2, 0.25) is 10.0 Å². The van der Waals surface area contributed by atoms with Crippen molar-refractivity contribution in [2.75, 3.05) is 20.3 Å². The molecule has 1 N–H and O–H groups in total. The smallest absolute Gasteiger partial charge is 0.243 e. The number of ether oxygens (including phenoxy) is 1. The number of sulfonamides is 1. The normalized spacial score (nSPS) is 20.5. The summed E-state index contributed by atoms with van der Waals surface area (Å²) in [6, 6.07) is 3.15. The van der Waals surface area contributed by atoms with Gasteiger partial charge in [-0.3, -0.25) is 0 Å². The average molecular weight is 313 g/mol. The first-order valence-electron chi connectivity index (χ1n) is 7.19. The van der Waals surface area contributed by atoms with E-state index < -0.39 is 10.0 Å². The summed E-state index contributed by atoms with van der Waals surface area (Å²) in [6.07, 6.45) is 2.51. The van der Waals surface area contributed by atoms with Gasteiger partial charge in [0, 0.05) is 12.6 Å². The maximum atomic E-state index is 13.0. The molecule has 21 heavy (non-hydrogen) atoms. The highest BCUT2D eigenvalue weighted by atomic mass is 32.2. The van der Waals surface area contributed by atoms with Gasteiger partial charge in [-0.15, -0.1) is 0 Å². The van der Waals surface area contributed by atoms with Crippen LogP contribution in [0.1, 0.15) is 30.4 Å². The monoisotopic (exact) mass is 313 g/mol. The lowest BCUT2D eigenvalue weighted by molar-refractivity contribution is 0.155. The molecule has 0 amide bonds. The first-order chi connectivity index (χ1) is 9.91. The predicted molar refractivity (Wildman–Crippen MR) is 81.1 cm³/mol. The van der Waals surface area contributed by atoms with E-state index in [1.165, 1.54) is 4.31 Å². The lowest BCUT2D eigenvalue weighted by Crippen LogP contribution is -2.45. The van der Waals surface area contributed by atoms with Crippen LogP contribution in [0.15, 0.2) is 17.0 Å². The number of aliphatic hydroxyl groups excluding tert-OH is 1. The number of aliphatic hydroxyl groups is 1. The van der Waals surface area contributed by atoms with Gasteiger partial charge in [-0.25, -0.2) is 8.42 Å². The number of hydrogen-bond acceptors (Lipinski definition) is 4. The summed E-state index contributed by atoms with van der Waals surface area (Å²) in [5, 5.41) is 9.47. The first-order valence-corrected chi connectivity index (χ1v) is 8.63. The van der Waals surface area contributed by atoms with E-state index in [4.69, 9.17) is 4.74 Å². The fourth-order valence-corrected chi connectivity index (χ4v) is 5.13. The van der Waals surface area contributed by atoms with Crippen molar-refractivity contribution in [1.82, 2.24) is 4.31 Å². The molecular weight excluding hydrogens is 290 g/mol. The average Bonchev–Trinajstić information content (AvgIpc) is 2.46. The molecule has 5 nitrogen and oxygen atoms in total. The number of methoxy groups -OCH3 is 1. The van der Waals surface area contributed by atoms with Crippen molar-refractivity contribution in [2.45, 2.75) is 44.0 Å². The van der Waals surface area contributed by atoms with Crippen molar-refractivity contribution < 1.29 is 18.3 Å². The predicted octanol–water partition coefficient (Wildman–Crippen LogP) is 1.85. The highest BCUT2D eigenvalue weighted by Gasteiger charge is 2.34. The summed E-state index contributed by atoms with van der Waals surface area (Å²) in [6.45, 7) is 3.90. The van der Waals surface area contributed by atoms with E-state index in [0.717, 1.165) is 12.8 Å². The molecule has 1 aromatic rings. The third kappa shape index (κ3) is 3.07. The Balaban J connectivity index is 2.48. The standard InChI is InChI=1S/C15H23NO4S/c1-11-8-14(20-3)9-12(2)15(11)21(18,19)16-7-5-4-6-13(16)10-17/h8-9,13,17H,4-7,10H2,1-3H3/t13-/m0/s1. The molecule has 1 fully saturated rings.